The molecule has 12 heteroatoms. The number of nitrogens with zero attached hydrogens (tertiary/aromatic N) is 2. The second kappa shape index (κ2) is 10.5. The van der Waals surface area contributed by atoms with Gasteiger partial charge in [-0.3, -0.25) is 14.1 Å². The molecule has 208 valence electrons. The molecule has 1 amide bonds. The van der Waals surface area contributed by atoms with E-state index in [4.69, 9.17) is 21.1 Å². The highest BCUT2D eigenvalue weighted by Gasteiger charge is 2.33. The number of amides is 1. The van der Waals surface area contributed by atoms with E-state index in [2.05, 4.69) is 10.3 Å². The second-order valence-electron chi connectivity index (χ2n) is 9.36. The van der Waals surface area contributed by atoms with Crippen LogP contribution in [-0.4, -0.2) is 39.7 Å². The van der Waals surface area contributed by atoms with Crippen LogP contribution in [0.4, 0.5) is 14.5 Å². The number of aromatic nitrogens is 1. The van der Waals surface area contributed by atoms with Gasteiger partial charge >= 0.3 is 0 Å². The number of benzene rings is 3. The number of rotatable bonds is 8. The Balaban J connectivity index is 1.67. The van der Waals surface area contributed by atoms with E-state index in [0.717, 1.165) is 16.1 Å². The fourth-order valence-corrected chi connectivity index (χ4v) is 5.36. The lowest BCUT2D eigenvalue weighted by molar-refractivity contribution is 0.0962. The first kappa shape index (κ1) is 27.6. The van der Waals surface area contributed by atoms with Crippen LogP contribution >= 0.6 is 11.6 Å². The monoisotopic (exact) mass is 587 g/mol. The van der Waals surface area contributed by atoms with Crippen molar-refractivity contribution < 1.29 is 31.5 Å². The molecule has 0 saturated heterocycles. The van der Waals surface area contributed by atoms with Gasteiger partial charge in [0.05, 0.1) is 29.6 Å². The Labute approximate surface area is 234 Å². The number of fused-ring (bicyclic) bond motifs is 2. The van der Waals surface area contributed by atoms with Crippen molar-refractivity contribution in [3.05, 3.63) is 93.1 Å². The zero-order chi connectivity index (χ0) is 28.8. The van der Waals surface area contributed by atoms with Gasteiger partial charge < -0.3 is 14.8 Å². The largest absolute Gasteiger partial charge is 0.497 e. The molecule has 0 spiro atoms. The van der Waals surface area contributed by atoms with Gasteiger partial charge in [-0.1, -0.05) is 23.7 Å². The smallest absolute Gasteiger partial charge is 0.255 e. The number of carbonyl (C=O) groups excluding carboxylic acids is 1. The molecule has 0 saturated carbocycles. The van der Waals surface area contributed by atoms with Crippen LogP contribution in [0.1, 0.15) is 32.6 Å². The minimum atomic E-state index is -3.76. The molecular weight excluding hydrogens is 564 g/mol. The van der Waals surface area contributed by atoms with Gasteiger partial charge in [0.25, 0.3) is 5.91 Å². The minimum Gasteiger partial charge on any atom is -0.497 e. The maximum absolute atomic E-state index is 14.5. The van der Waals surface area contributed by atoms with E-state index < -0.39 is 27.6 Å². The molecule has 2 heterocycles. The lowest BCUT2D eigenvalue weighted by Gasteiger charge is -2.24. The molecule has 0 fully saturated rings. The highest BCUT2D eigenvalue weighted by atomic mass is 35.5. The van der Waals surface area contributed by atoms with Crippen LogP contribution in [0.15, 0.2) is 48.7 Å². The molecule has 1 aromatic heterocycles. The van der Waals surface area contributed by atoms with Crippen LogP contribution in [0.3, 0.4) is 0 Å². The summed E-state index contributed by atoms with van der Waals surface area (Å²) in [5, 5.41) is 2.91. The van der Waals surface area contributed by atoms with Gasteiger partial charge in [-0.05, 0) is 41.0 Å². The van der Waals surface area contributed by atoms with Crippen molar-refractivity contribution >= 4 is 44.1 Å². The van der Waals surface area contributed by atoms with E-state index in [1.165, 1.54) is 19.3 Å². The highest BCUT2D eigenvalue weighted by Crippen LogP contribution is 2.43. The zero-order valence-electron chi connectivity index (χ0n) is 21.7. The number of anilines is 1. The minimum absolute atomic E-state index is 0.00705. The molecule has 8 nitrogen and oxygen atoms in total. The van der Waals surface area contributed by atoms with E-state index in [-0.39, 0.29) is 52.7 Å². The first-order valence-electron chi connectivity index (χ1n) is 12.1. The average Bonchev–Trinajstić information content (AvgIpc) is 3.30. The van der Waals surface area contributed by atoms with Crippen molar-refractivity contribution in [1.29, 1.82) is 0 Å². The van der Waals surface area contributed by atoms with Crippen LogP contribution in [-0.2, 0) is 29.6 Å². The van der Waals surface area contributed by atoms with Crippen LogP contribution < -0.4 is 19.1 Å². The molecule has 0 unspecified atom stereocenters. The lowest BCUT2D eigenvalue weighted by atomic mass is 9.98. The molecule has 0 radical (unpaired) electrons. The SMILES string of the molecule is COc1ccc(COc2c3c(c(N(C)S(C)(=O)=O)c4cc(Cc5cc(Cl)c(F)cc5F)cnc24)CNC3=O)cc1. The summed E-state index contributed by atoms with van der Waals surface area (Å²) < 4.78 is 66.0. The van der Waals surface area contributed by atoms with Crippen molar-refractivity contribution in [3.8, 4) is 11.5 Å². The first-order chi connectivity index (χ1) is 19.0. The number of pyridine rings is 1. The van der Waals surface area contributed by atoms with E-state index in [1.54, 1.807) is 25.3 Å². The quantitative estimate of drug-likeness (QED) is 0.292. The van der Waals surface area contributed by atoms with Crippen molar-refractivity contribution in [2.45, 2.75) is 19.6 Å². The Hall–Kier alpha value is -3.96. The van der Waals surface area contributed by atoms with Crippen molar-refractivity contribution in [2.24, 2.45) is 0 Å². The Morgan fingerprint density at radius 1 is 1.10 bits per heavy atom. The Morgan fingerprint density at radius 2 is 1.82 bits per heavy atom. The number of sulfonamides is 1. The van der Waals surface area contributed by atoms with Crippen molar-refractivity contribution in [1.82, 2.24) is 10.3 Å². The van der Waals surface area contributed by atoms with Crippen LogP contribution in [0.2, 0.25) is 5.02 Å². The van der Waals surface area contributed by atoms with E-state index in [1.807, 2.05) is 12.1 Å². The fourth-order valence-electron chi connectivity index (χ4n) is 4.63. The number of carbonyl (C=O) groups is 1. The van der Waals surface area contributed by atoms with Crippen LogP contribution in [0.25, 0.3) is 10.9 Å². The molecule has 5 rings (SSSR count). The normalized spacial score (nSPS) is 12.8. The van der Waals surface area contributed by atoms with Crippen molar-refractivity contribution in [3.63, 3.8) is 0 Å². The van der Waals surface area contributed by atoms with Gasteiger partial charge in [0.1, 0.15) is 29.5 Å². The molecule has 0 aliphatic carbocycles. The summed E-state index contributed by atoms with van der Waals surface area (Å²) in [6.07, 6.45) is 2.53. The molecule has 40 heavy (non-hydrogen) atoms. The fraction of sp³-hybridized carbons (Fsp3) is 0.214. The number of nitrogens with one attached hydrogen (secondary N) is 1. The van der Waals surface area contributed by atoms with E-state index >= 15 is 0 Å². The summed E-state index contributed by atoms with van der Waals surface area (Å²) >= 11 is 5.87. The summed E-state index contributed by atoms with van der Waals surface area (Å²) in [5.74, 6) is -1.19. The third kappa shape index (κ3) is 5.14. The molecule has 0 bridgehead atoms. The molecule has 0 atom stereocenters. The standard InChI is InChI=1S/C28H24ClF2N3O5S/c1-34(40(3,36)37)26-19-9-16(8-17-10-21(29)23(31)11-22(17)30)12-32-25(19)27(24-20(26)13-33-28(24)35)39-14-15-4-6-18(38-2)7-5-15/h4-7,9-12H,8,13-14H2,1-3H3,(H,33,35). The predicted octanol–water partition coefficient (Wildman–Crippen LogP) is 4.98. The lowest BCUT2D eigenvalue weighted by Crippen LogP contribution is -2.26. The van der Waals surface area contributed by atoms with Gasteiger partial charge in [0.2, 0.25) is 10.0 Å². The molecule has 1 aliphatic heterocycles. The van der Waals surface area contributed by atoms with E-state index in [9.17, 15) is 22.0 Å². The van der Waals surface area contributed by atoms with Gasteiger partial charge in [0, 0.05) is 43.2 Å². The molecule has 3 aromatic carbocycles. The van der Waals surface area contributed by atoms with Crippen LogP contribution in [0, 0.1) is 11.6 Å². The van der Waals surface area contributed by atoms with E-state index in [0.29, 0.717) is 28.3 Å². The second-order valence-corrected chi connectivity index (χ2v) is 11.8. The third-order valence-electron chi connectivity index (χ3n) is 6.72. The number of halogens is 3. The van der Waals surface area contributed by atoms with Crippen LogP contribution in [0.5, 0.6) is 11.5 Å². The predicted molar refractivity (Wildman–Crippen MR) is 148 cm³/mol. The Bertz CT molecular complexity index is 1770. The van der Waals surface area contributed by atoms with Gasteiger partial charge in [0.15, 0.2) is 5.75 Å². The summed E-state index contributed by atoms with van der Waals surface area (Å²) in [7, 11) is -0.806. The van der Waals surface area contributed by atoms with Gasteiger partial charge in [-0.2, -0.15) is 0 Å². The van der Waals surface area contributed by atoms with Gasteiger partial charge in [-0.25, -0.2) is 17.2 Å². The van der Waals surface area contributed by atoms with Crippen molar-refractivity contribution in [2.75, 3.05) is 24.7 Å². The third-order valence-corrected chi connectivity index (χ3v) is 8.19. The zero-order valence-corrected chi connectivity index (χ0v) is 23.3. The number of hydrogen-bond acceptors (Lipinski definition) is 6. The number of ether oxygens (including phenoxy) is 2. The number of hydrogen-bond donors (Lipinski definition) is 1. The first-order valence-corrected chi connectivity index (χ1v) is 14.3. The summed E-state index contributed by atoms with van der Waals surface area (Å²) in [5.41, 5.74) is 2.60. The Kier molecular flexibility index (Phi) is 7.28. The summed E-state index contributed by atoms with van der Waals surface area (Å²) in [6, 6.07) is 10.8. The Morgan fingerprint density at radius 3 is 2.50 bits per heavy atom. The topological polar surface area (TPSA) is 97.8 Å². The van der Waals surface area contributed by atoms with Gasteiger partial charge in [-0.15, -0.1) is 0 Å². The maximum atomic E-state index is 14.5. The number of methoxy groups -OCH3 is 1. The molecule has 4 aromatic rings. The molecule has 1 aliphatic rings. The molecule has 1 N–H and O–H groups in total. The summed E-state index contributed by atoms with van der Waals surface area (Å²) in [6.45, 7) is 0.174. The highest BCUT2D eigenvalue weighted by molar-refractivity contribution is 7.92. The maximum Gasteiger partial charge on any atom is 0.255 e. The summed E-state index contributed by atoms with van der Waals surface area (Å²) in [4.78, 5) is 17.5. The average molecular weight is 588 g/mol. The molecular formula is C28H24ClF2N3O5S.